The lowest BCUT2D eigenvalue weighted by Gasteiger charge is -2.23. The van der Waals surface area contributed by atoms with E-state index >= 15 is 0 Å². The van der Waals surface area contributed by atoms with E-state index in [2.05, 4.69) is 19.1 Å². The van der Waals surface area contributed by atoms with Crippen LogP contribution >= 0.6 is 0 Å². The summed E-state index contributed by atoms with van der Waals surface area (Å²) in [6.07, 6.45) is 8.65. The summed E-state index contributed by atoms with van der Waals surface area (Å²) < 4.78 is 0. The second-order valence-corrected chi connectivity index (χ2v) is 4.02. The van der Waals surface area contributed by atoms with Crippen LogP contribution in [-0.4, -0.2) is 6.04 Å². The summed E-state index contributed by atoms with van der Waals surface area (Å²) in [5.74, 6) is 2.51. The maximum Gasteiger partial charge on any atom is 0.00703 e. The molecule has 0 radical (unpaired) electrons. The van der Waals surface area contributed by atoms with Crippen LogP contribution in [0.15, 0.2) is 12.2 Å². The fraction of sp³-hybridized carbons (Fsp3) is 0.800. The lowest BCUT2D eigenvalue weighted by atomic mass is 9.86. The first-order valence-corrected chi connectivity index (χ1v) is 4.75. The Labute approximate surface area is 68.7 Å². The van der Waals surface area contributed by atoms with Gasteiger partial charge in [0.2, 0.25) is 0 Å². The van der Waals surface area contributed by atoms with Gasteiger partial charge >= 0.3 is 0 Å². The van der Waals surface area contributed by atoms with Crippen molar-refractivity contribution in [2.24, 2.45) is 23.5 Å². The van der Waals surface area contributed by atoms with Crippen molar-refractivity contribution in [3.8, 4) is 0 Å². The van der Waals surface area contributed by atoms with Crippen molar-refractivity contribution in [1.82, 2.24) is 0 Å². The van der Waals surface area contributed by atoms with E-state index in [1.54, 1.807) is 0 Å². The third-order valence-electron chi connectivity index (χ3n) is 3.35. The van der Waals surface area contributed by atoms with Gasteiger partial charge < -0.3 is 5.73 Å². The molecule has 0 saturated heterocycles. The van der Waals surface area contributed by atoms with E-state index in [1.165, 1.54) is 12.8 Å². The molecule has 0 amide bonds. The molecule has 2 N–H and O–H groups in total. The van der Waals surface area contributed by atoms with Crippen LogP contribution in [0.4, 0.5) is 0 Å². The molecule has 11 heavy (non-hydrogen) atoms. The molecule has 1 heteroatoms. The molecule has 4 unspecified atom stereocenters. The van der Waals surface area contributed by atoms with Crippen molar-refractivity contribution in [2.75, 3.05) is 0 Å². The predicted molar refractivity (Wildman–Crippen MR) is 47.1 cm³/mol. The van der Waals surface area contributed by atoms with E-state index in [1.807, 2.05) is 0 Å². The third kappa shape index (κ3) is 1.12. The summed E-state index contributed by atoms with van der Waals surface area (Å²) in [7, 11) is 0. The summed E-state index contributed by atoms with van der Waals surface area (Å²) in [4.78, 5) is 0. The SMILES string of the molecule is CCC(N)C1CC2C=CC1C2. The topological polar surface area (TPSA) is 26.0 Å². The summed E-state index contributed by atoms with van der Waals surface area (Å²) in [6, 6.07) is 0.454. The Balaban J connectivity index is 2.02. The summed E-state index contributed by atoms with van der Waals surface area (Å²) >= 11 is 0. The normalized spacial score (nSPS) is 43.3. The average molecular weight is 151 g/mol. The number of allylic oxidation sites excluding steroid dienone is 2. The molecule has 2 aliphatic rings. The smallest absolute Gasteiger partial charge is 0.00703 e. The molecule has 2 bridgehead atoms. The van der Waals surface area contributed by atoms with Crippen LogP contribution in [0.3, 0.4) is 0 Å². The average Bonchev–Trinajstić information content (AvgIpc) is 2.62. The van der Waals surface area contributed by atoms with Gasteiger partial charge in [0.25, 0.3) is 0 Å². The Morgan fingerprint density at radius 2 is 2.27 bits per heavy atom. The van der Waals surface area contributed by atoms with Crippen molar-refractivity contribution < 1.29 is 0 Å². The second kappa shape index (κ2) is 2.63. The Morgan fingerprint density at radius 3 is 2.73 bits per heavy atom. The van der Waals surface area contributed by atoms with Crippen LogP contribution in [0.5, 0.6) is 0 Å². The van der Waals surface area contributed by atoms with Crippen LogP contribution < -0.4 is 5.73 Å². The van der Waals surface area contributed by atoms with E-state index in [9.17, 15) is 0 Å². The highest BCUT2D eigenvalue weighted by molar-refractivity contribution is 5.11. The molecule has 2 aliphatic carbocycles. The molecule has 62 valence electrons. The maximum absolute atomic E-state index is 6.03. The van der Waals surface area contributed by atoms with Crippen LogP contribution in [0.1, 0.15) is 26.2 Å². The summed E-state index contributed by atoms with van der Waals surface area (Å²) in [6.45, 7) is 2.19. The maximum atomic E-state index is 6.03. The van der Waals surface area contributed by atoms with Crippen molar-refractivity contribution in [2.45, 2.75) is 32.2 Å². The van der Waals surface area contributed by atoms with Gasteiger partial charge in [-0.3, -0.25) is 0 Å². The van der Waals surface area contributed by atoms with E-state index in [4.69, 9.17) is 5.73 Å². The molecule has 4 atom stereocenters. The van der Waals surface area contributed by atoms with Crippen LogP contribution in [0.25, 0.3) is 0 Å². The van der Waals surface area contributed by atoms with Gasteiger partial charge in [0.15, 0.2) is 0 Å². The van der Waals surface area contributed by atoms with Crippen molar-refractivity contribution in [3.05, 3.63) is 12.2 Å². The van der Waals surface area contributed by atoms with Crippen molar-refractivity contribution in [1.29, 1.82) is 0 Å². The van der Waals surface area contributed by atoms with Crippen molar-refractivity contribution in [3.63, 3.8) is 0 Å². The second-order valence-electron chi connectivity index (χ2n) is 4.02. The third-order valence-corrected chi connectivity index (χ3v) is 3.35. The monoisotopic (exact) mass is 151 g/mol. The molecule has 0 aromatic rings. The zero-order valence-corrected chi connectivity index (χ0v) is 7.16. The fourth-order valence-corrected chi connectivity index (χ4v) is 2.62. The highest BCUT2D eigenvalue weighted by Gasteiger charge is 2.37. The lowest BCUT2D eigenvalue weighted by Crippen LogP contribution is -2.31. The summed E-state index contributed by atoms with van der Waals surface area (Å²) in [5, 5.41) is 0. The number of hydrogen-bond donors (Lipinski definition) is 1. The van der Waals surface area contributed by atoms with Gasteiger partial charge in [-0.15, -0.1) is 0 Å². The van der Waals surface area contributed by atoms with Crippen LogP contribution in [0.2, 0.25) is 0 Å². The molecule has 0 aromatic heterocycles. The Morgan fingerprint density at radius 1 is 1.45 bits per heavy atom. The van der Waals surface area contributed by atoms with Gasteiger partial charge in [-0.25, -0.2) is 0 Å². The Kier molecular flexibility index (Phi) is 1.76. The molecular weight excluding hydrogens is 134 g/mol. The minimum Gasteiger partial charge on any atom is -0.327 e. The molecular formula is C10H17N. The number of rotatable bonds is 2. The van der Waals surface area contributed by atoms with Gasteiger partial charge in [0, 0.05) is 6.04 Å². The van der Waals surface area contributed by atoms with Gasteiger partial charge in [-0.1, -0.05) is 19.1 Å². The number of fused-ring (bicyclic) bond motifs is 2. The Hall–Kier alpha value is -0.300. The first kappa shape index (κ1) is 7.35. The highest BCUT2D eigenvalue weighted by atomic mass is 14.7. The zero-order valence-electron chi connectivity index (χ0n) is 7.16. The van der Waals surface area contributed by atoms with Gasteiger partial charge in [-0.05, 0) is 37.0 Å². The largest absolute Gasteiger partial charge is 0.327 e. The predicted octanol–water partition coefficient (Wildman–Crippen LogP) is 1.94. The molecule has 1 nitrogen and oxygen atoms in total. The van der Waals surface area contributed by atoms with E-state index in [0.29, 0.717) is 6.04 Å². The molecule has 2 rings (SSSR count). The summed E-state index contributed by atoms with van der Waals surface area (Å²) in [5.41, 5.74) is 6.03. The molecule has 0 spiro atoms. The molecule has 0 heterocycles. The first-order valence-electron chi connectivity index (χ1n) is 4.75. The number of nitrogens with two attached hydrogens (primary N) is 1. The minimum atomic E-state index is 0.454. The van der Waals surface area contributed by atoms with Gasteiger partial charge in [-0.2, -0.15) is 0 Å². The Bertz CT molecular complexity index is 174. The zero-order chi connectivity index (χ0) is 7.84. The first-order chi connectivity index (χ1) is 5.31. The minimum absolute atomic E-state index is 0.454. The molecule has 0 aliphatic heterocycles. The van der Waals surface area contributed by atoms with Crippen LogP contribution in [0, 0.1) is 17.8 Å². The molecule has 0 aromatic carbocycles. The lowest BCUT2D eigenvalue weighted by molar-refractivity contribution is 0.356. The van der Waals surface area contributed by atoms with E-state index < -0.39 is 0 Å². The van der Waals surface area contributed by atoms with Crippen molar-refractivity contribution >= 4 is 0 Å². The quantitative estimate of drug-likeness (QED) is 0.600. The number of hydrogen-bond acceptors (Lipinski definition) is 1. The van der Waals surface area contributed by atoms with E-state index in [0.717, 1.165) is 24.2 Å². The highest BCUT2D eigenvalue weighted by Crippen LogP contribution is 2.44. The van der Waals surface area contributed by atoms with Gasteiger partial charge in [0.1, 0.15) is 0 Å². The van der Waals surface area contributed by atoms with Crippen LogP contribution in [-0.2, 0) is 0 Å². The standard InChI is InChI=1S/C10H17N/c1-2-10(11)9-6-7-3-4-8(9)5-7/h3-4,7-10H,2,5-6,11H2,1H3. The fourth-order valence-electron chi connectivity index (χ4n) is 2.62. The van der Waals surface area contributed by atoms with E-state index in [-0.39, 0.29) is 0 Å². The molecule has 1 fully saturated rings. The molecule has 1 saturated carbocycles. The van der Waals surface area contributed by atoms with Gasteiger partial charge in [0.05, 0.1) is 0 Å².